The smallest absolute Gasteiger partial charge is 0.253 e. The summed E-state index contributed by atoms with van der Waals surface area (Å²) in [5, 5.41) is 6.10. The fraction of sp³-hybridized carbons (Fsp3) is 0.652. The summed E-state index contributed by atoms with van der Waals surface area (Å²) in [6.07, 6.45) is 9.90. The van der Waals surface area contributed by atoms with Gasteiger partial charge in [0.25, 0.3) is 5.91 Å². The Morgan fingerprint density at radius 2 is 1.79 bits per heavy atom. The number of rotatable bonds is 6. The normalized spacial score (nSPS) is 22.6. The molecule has 1 aliphatic carbocycles. The van der Waals surface area contributed by atoms with Gasteiger partial charge in [0.05, 0.1) is 11.7 Å². The van der Waals surface area contributed by atoms with E-state index in [0.717, 1.165) is 76.8 Å². The average Bonchev–Trinajstić information content (AvgIpc) is 3.47. The van der Waals surface area contributed by atoms with Crippen molar-refractivity contribution in [2.75, 3.05) is 36.5 Å². The van der Waals surface area contributed by atoms with Gasteiger partial charge in [0.2, 0.25) is 5.91 Å². The number of hydrogen-bond donors (Lipinski definition) is 2. The van der Waals surface area contributed by atoms with Crippen molar-refractivity contribution in [1.82, 2.24) is 5.32 Å². The lowest BCUT2D eigenvalue weighted by molar-refractivity contribution is -0.119. The standard InChI is InChI=1S/C23H33N3O3/c27-22(17-7-2-3-8-17)25-18-10-11-21(26-12-4-1-5-13-26)20(15-18)23(28)24-16-19-9-6-14-29-19/h10-11,15,17,19H,1-9,12-14,16H2,(H,24,28)(H,25,27)/t19-/m0/s1. The van der Waals surface area contributed by atoms with Crippen LogP contribution >= 0.6 is 0 Å². The topological polar surface area (TPSA) is 70.7 Å². The molecule has 2 heterocycles. The zero-order chi connectivity index (χ0) is 20.1. The summed E-state index contributed by atoms with van der Waals surface area (Å²) in [5.41, 5.74) is 2.33. The Labute approximate surface area is 173 Å². The van der Waals surface area contributed by atoms with E-state index in [-0.39, 0.29) is 23.8 Å². The first-order valence-corrected chi connectivity index (χ1v) is 11.3. The van der Waals surface area contributed by atoms with Crippen LogP contribution in [0.3, 0.4) is 0 Å². The van der Waals surface area contributed by atoms with Crippen LogP contribution in [0.25, 0.3) is 0 Å². The molecule has 1 aromatic rings. The van der Waals surface area contributed by atoms with Crippen LogP contribution in [0.4, 0.5) is 11.4 Å². The number of ether oxygens (including phenoxy) is 1. The van der Waals surface area contributed by atoms with Gasteiger partial charge >= 0.3 is 0 Å². The molecule has 2 aliphatic heterocycles. The van der Waals surface area contributed by atoms with Crippen LogP contribution in [-0.4, -0.2) is 44.2 Å². The summed E-state index contributed by atoms with van der Waals surface area (Å²) >= 11 is 0. The number of amides is 2. The van der Waals surface area contributed by atoms with Gasteiger partial charge < -0.3 is 20.3 Å². The van der Waals surface area contributed by atoms with Crippen molar-refractivity contribution in [3.63, 3.8) is 0 Å². The molecule has 3 fully saturated rings. The van der Waals surface area contributed by atoms with Crippen LogP contribution in [-0.2, 0) is 9.53 Å². The van der Waals surface area contributed by atoms with Gasteiger partial charge in [0.1, 0.15) is 0 Å². The number of nitrogens with one attached hydrogen (secondary N) is 2. The number of nitrogens with zero attached hydrogens (tertiary/aromatic N) is 1. The largest absolute Gasteiger partial charge is 0.376 e. The molecule has 1 atom stereocenters. The van der Waals surface area contributed by atoms with Gasteiger partial charge in [-0.3, -0.25) is 9.59 Å². The monoisotopic (exact) mass is 399 g/mol. The van der Waals surface area contributed by atoms with E-state index in [1.807, 2.05) is 18.2 Å². The maximum atomic E-state index is 13.1. The number of anilines is 2. The summed E-state index contributed by atoms with van der Waals surface area (Å²) in [7, 11) is 0. The Hall–Kier alpha value is -2.08. The summed E-state index contributed by atoms with van der Waals surface area (Å²) < 4.78 is 5.64. The molecule has 1 aromatic carbocycles. The Morgan fingerprint density at radius 1 is 1.00 bits per heavy atom. The Morgan fingerprint density at radius 3 is 2.52 bits per heavy atom. The molecule has 6 heteroatoms. The molecule has 2 amide bonds. The fourth-order valence-electron chi connectivity index (χ4n) is 4.75. The van der Waals surface area contributed by atoms with Gasteiger partial charge in [0.15, 0.2) is 0 Å². The predicted octanol–water partition coefficient (Wildman–Crippen LogP) is 3.71. The van der Waals surface area contributed by atoms with Crippen molar-refractivity contribution in [2.45, 2.75) is 63.9 Å². The molecule has 29 heavy (non-hydrogen) atoms. The maximum absolute atomic E-state index is 13.1. The minimum Gasteiger partial charge on any atom is -0.376 e. The van der Waals surface area contributed by atoms with Crippen LogP contribution < -0.4 is 15.5 Å². The second kappa shape index (κ2) is 9.61. The Bertz CT molecular complexity index is 718. The van der Waals surface area contributed by atoms with E-state index in [2.05, 4.69) is 15.5 Å². The summed E-state index contributed by atoms with van der Waals surface area (Å²) in [5.74, 6) is 0.102. The lowest BCUT2D eigenvalue weighted by atomic mass is 10.0. The van der Waals surface area contributed by atoms with Crippen LogP contribution in [0, 0.1) is 5.92 Å². The van der Waals surface area contributed by atoms with Crippen molar-refractivity contribution in [3.05, 3.63) is 23.8 Å². The molecule has 0 spiro atoms. The first-order chi connectivity index (χ1) is 14.2. The molecule has 0 radical (unpaired) electrons. The van der Waals surface area contributed by atoms with Crippen LogP contribution in [0.15, 0.2) is 18.2 Å². The zero-order valence-corrected chi connectivity index (χ0v) is 17.3. The minimum absolute atomic E-state index is 0.0823. The van der Waals surface area contributed by atoms with Gasteiger partial charge in [-0.1, -0.05) is 12.8 Å². The molecule has 0 aromatic heterocycles. The SMILES string of the molecule is O=C(NC[C@@H]1CCCO1)c1cc(NC(=O)C2CCCC2)ccc1N1CCCCC1. The molecule has 2 N–H and O–H groups in total. The van der Waals surface area contributed by atoms with Crippen LogP contribution in [0.1, 0.15) is 68.1 Å². The quantitative estimate of drug-likeness (QED) is 0.765. The number of carbonyl (C=O) groups is 2. The highest BCUT2D eigenvalue weighted by atomic mass is 16.5. The molecular weight excluding hydrogens is 366 g/mol. The Balaban J connectivity index is 1.50. The number of hydrogen-bond acceptors (Lipinski definition) is 4. The van der Waals surface area contributed by atoms with E-state index >= 15 is 0 Å². The van der Waals surface area contributed by atoms with Crippen LogP contribution in [0.2, 0.25) is 0 Å². The third kappa shape index (κ3) is 5.10. The number of carbonyl (C=O) groups excluding carboxylic acids is 2. The molecule has 2 saturated heterocycles. The lowest BCUT2D eigenvalue weighted by Crippen LogP contribution is -2.35. The van der Waals surface area contributed by atoms with Gasteiger partial charge in [-0.2, -0.15) is 0 Å². The molecule has 4 rings (SSSR count). The van der Waals surface area contributed by atoms with Crippen LogP contribution in [0.5, 0.6) is 0 Å². The number of benzene rings is 1. The van der Waals surface area contributed by atoms with Crippen molar-refractivity contribution in [2.24, 2.45) is 5.92 Å². The molecular formula is C23H33N3O3. The van der Waals surface area contributed by atoms with E-state index in [4.69, 9.17) is 4.74 Å². The van der Waals surface area contributed by atoms with Gasteiger partial charge in [-0.05, 0) is 63.1 Å². The molecule has 158 valence electrons. The molecule has 6 nitrogen and oxygen atoms in total. The highest BCUT2D eigenvalue weighted by Gasteiger charge is 2.25. The van der Waals surface area contributed by atoms with E-state index in [0.29, 0.717) is 17.8 Å². The third-order valence-electron chi connectivity index (χ3n) is 6.45. The summed E-state index contributed by atoms with van der Waals surface area (Å²) in [4.78, 5) is 27.9. The second-order valence-corrected chi connectivity index (χ2v) is 8.60. The maximum Gasteiger partial charge on any atom is 0.253 e. The summed E-state index contributed by atoms with van der Waals surface area (Å²) in [6.45, 7) is 3.26. The van der Waals surface area contributed by atoms with Gasteiger partial charge in [0, 0.05) is 43.5 Å². The van der Waals surface area contributed by atoms with E-state index in [1.54, 1.807) is 0 Å². The highest BCUT2D eigenvalue weighted by molar-refractivity contribution is 6.02. The lowest BCUT2D eigenvalue weighted by Gasteiger charge is -2.30. The first kappa shape index (κ1) is 20.2. The summed E-state index contributed by atoms with van der Waals surface area (Å²) in [6, 6.07) is 5.78. The van der Waals surface area contributed by atoms with Crippen molar-refractivity contribution in [1.29, 1.82) is 0 Å². The minimum atomic E-state index is -0.0851. The van der Waals surface area contributed by atoms with Crippen molar-refractivity contribution >= 4 is 23.2 Å². The van der Waals surface area contributed by atoms with E-state index in [9.17, 15) is 9.59 Å². The number of piperidine rings is 1. The van der Waals surface area contributed by atoms with E-state index < -0.39 is 0 Å². The van der Waals surface area contributed by atoms with Gasteiger partial charge in [-0.15, -0.1) is 0 Å². The first-order valence-electron chi connectivity index (χ1n) is 11.3. The third-order valence-corrected chi connectivity index (χ3v) is 6.45. The molecule has 3 aliphatic rings. The van der Waals surface area contributed by atoms with E-state index in [1.165, 1.54) is 6.42 Å². The molecule has 0 unspecified atom stereocenters. The second-order valence-electron chi connectivity index (χ2n) is 8.60. The highest BCUT2D eigenvalue weighted by Crippen LogP contribution is 2.29. The molecule has 0 bridgehead atoms. The van der Waals surface area contributed by atoms with Gasteiger partial charge in [-0.25, -0.2) is 0 Å². The van der Waals surface area contributed by atoms with Crippen molar-refractivity contribution < 1.29 is 14.3 Å². The average molecular weight is 400 g/mol. The fourth-order valence-corrected chi connectivity index (χ4v) is 4.75. The predicted molar refractivity (Wildman–Crippen MR) is 114 cm³/mol. The zero-order valence-electron chi connectivity index (χ0n) is 17.3. The van der Waals surface area contributed by atoms with Crippen molar-refractivity contribution in [3.8, 4) is 0 Å². The Kier molecular flexibility index (Phi) is 6.70. The molecule has 1 saturated carbocycles.